The number of anilines is 1. The number of thiophene rings is 1. The molecule has 0 aliphatic rings. The van der Waals surface area contributed by atoms with Crippen LogP contribution in [0.3, 0.4) is 0 Å². The molecule has 0 fully saturated rings. The Morgan fingerprint density at radius 2 is 2.00 bits per heavy atom. The van der Waals surface area contributed by atoms with Crippen molar-refractivity contribution in [3.05, 3.63) is 51.7 Å². The third kappa shape index (κ3) is 2.71. The largest absolute Gasteiger partial charge is 0.398 e. The molecule has 0 bridgehead atoms. The number of amides is 1. The van der Waals surface area contributed by atoms with Crippen LogP contribution in [0, 0.1) is 6.92 Å². The number of nitrogen functional groups attached to an aromatic ring is 1. The minimum atomic E-state index is -0.133. The van der Waals surface area contributed by atoms with E-state index in [0.717, 1.165) is 4.88 Å². The number of carbonyl (C=O) groups is 1. The molecule has 0 saturated carbocycles. The predicted octanol–water partition coefficient (Wildman–Crippen LogP) is 3.13. The van der Waals surface area contributed by atoms with E-state index in [-0.39, 0.29) is 11.9 Å². The van der Waals surface area contributed by atoms with Gasteiger partial charge in [0.05, 0.1) is 11.6 Å². The molecule has 1 aromatic carbocycles. The lowest BCUT2D eigenvalue weighted by Gasteiger charge is -2.13. The zero-order valence-corrected chi connectivity index (χ0v) is 11.3. The minimum Gasteiger partial charge on any atom is -0.398 e. The number of hydrogen-bond acceptors (Lipinski definition) is 3. The van der Waals surface area contributed by atoms with Crippen molar-refractivity contribution in [3.63, 3.8) is 0 Å². The van der Waals surface area contributed by atoms with Gasteiger partial charge in [-0.15, -0.1) is 11.3 Å². The maximum Gasteiger partial charge on any atom is 0.253 e. The molecule has 1 aromatic heterocycles. The topological polar surface area (TPSA) is 55.1 Å². The second-order valence-electron chi connectivity index (χ2n) is 4.23. The highest BCUT2D eigenvalue weighted by Gasteiger charge is 2.14. The molecule has 94 valence electrons. The molecular formula is C14H16N2OS. The lowest BCUT2D eigenvalue weighted by molar-refractivity contribution is 0.0941. The molecule has 1 amide bonds. The molecule has 0 saturated heterocycles. The smallest absolute Gasteiger partial charge is 0.253 e. The third-order valence-electron chi connectivity index (χ3n) is 2.74. The van der Waals surface area contributed by atoms with E-state index < -0.39 is 0 Å². The van der Waals surface area contributed by atoms with Gasteiger partial charge < -0.3 is 11.1 Å². The number of nitrogens with one attached hydrogen (secondary N) is 1. The lowest BCUT2D eigenvalue weighted by atomic mass is 10.1. The van der Waals surface area contributed by atoms with Gasteiger partial charge in [-0.25, -0.2) is 0 Å². The van der Waals surface area contributed by atoms with Crippen molar-refractivity contribution in [2.24, 2.45) is 0 Å². The fourth-order valence-corrected chi connectivity index (χ4v) is 2.62. The number of rotatable bonds is 3. The summed E-state index contributed by atoms with van der Waals surface area (Å²) < 4.78 is 0. The predicted molar refractivity (Wildman–Crippen MR) is 75.8 cm³/mol. The first-order valence-corrected chi connectivity index (χ1v) is 6.61. The summed E-state index contributed by atoms with van der Waals surface area (Å²) in [6, 6.07) is 11.2. The number of hydrogen-bond donors (Lipinski definition) is 2. The average Bonchev–Trinajstić information content (AvgIpc) is 2.76. The highest BCUT2D eigenvalue weighted by atomic mass is 32.1. The monoisotopic (exact) mass is 260 g/mol. The van der Waals surface area contributed by atoms with Crippen molar-refractivity contribution < 1.29 is 4.79 Å². The molecular weight excluding hydrogens is 244 g/mol. The first-order chi connectivity index (χ1) is 8.58. The van der Waals surface area contributed by atoms with Crippen LogP contribution >= 0.6 is 11.3 Å². The summed E-state index contributed by atoms with van der Waals surface area (Å²) in [5.41, 5.74) is 6.81. The maximum atomic E-state index is 12.1. The SMILES string of the molecule is Cc1ccc(C(C)NC(=O)c2ccccc2N)s1. The Hall–Kier alpha value is -1.81. The van der Waals surface area contributed by atoms with Crippen molar-refractivity contribution in [3.8, 4) is 0 Å². The van der Waals surface area contributed by atoms with Gasteiger partial charge in [0.2, 0.25) is 0 Å². The van der Waals surface area contributed by atoms with Crippen LogP contribution in [0.5, 0.6) is 0 Å². The summed E-state index contributed by atoms with van der Waals surface area (Å²) in [6.07, 6.45) is 0. The van der Waals surface area contributed by atoms with Crippen LogP contribution in [0.2, 0.25) is 0 Å². The molecule has 2 rings (SSSR count). The first kappa shape index (κ1) is 12.6. The maximum absolute atomic E-state index is 12.1. The third-order valence-corrected chi connectivity index (χ3v) is 3.92. The van der Waals surface area contributed by atoms with Crippen molar-refractivity contribution >= 4 is 22.9 Å². The summed E-state index contributed by atoms with van der Waals surface area (Å²) in [6.45, 7) is 4.03. The van der Waals surface area contributed by atoms with Crippen LogP contribution in [-0.4, -0.2) is 5.91 Å². The number of nitrogens with two attached hydrogens (primary N) is 1. The van der Waals surface area contributed by atoms with E-state index in [4.69, 9.17) is 5.73 Å². The van der Waals surface area contributed by atoms with Crippen LogP contribution in [0.25, 0.3) is 0 Å². The van der Waals surface area contributed by atoms with Crippen LogP contribution in [-0.2, 0) is 0 Å². The molecule has 4 heteroatoms. The number of para-hydroxylation sites is 1. The molecule has 18 heavy (non-hydrogen) atoms. The summed E-state index contributed by atoms with van der Waals surface area (Å²) in [5, 5.41) is 2.96. The van der Waals surface area contributed by atoms with Crippen molar-refractivity contribution in [1.29, 1.82) is 0 Å². The number of carbonyl (C=O) groups excluding carboxylic acids is 1. The molecule has 1 heterocycles. The lowest BCUT2D eigenvalue weighted by Crippen LogP contribution is -2.26. The summed E-state index contributed by atoms with van der Waals surface area (Å²) in [7, 11) is 0. The van der Waals surface area contributed by atoms with Gasteiger partial charge in [0.25, 0.3) is 5.91 Å². The van der Waals surface area contributed by atoms with Crippen molar-refractivity contribution in [2.75, 3.05) is 5.73 Å². The van der Waals surface area contributed by atoms with Crippen LogP contribution < -0.4 is 11.1 Å². The van der Waals surface area contributed by atoms with E-state index in [0.29, 0.717) is 11.3 Å². The van der Waals surface area contributed by atoms with Crippen molar-refractivity contribution in [2.45, 2.75) is 19.9 Å². The summed E-state index contributed by atoms with van der Waals surface area (Å²) in [5.74, 6) is -0.133. The Morgan fingerprint density at radius 1 is 1.28 bits per heavy atom. The highest BCUT2D eigenvalue weighted by molar-refractivity contribution is 7.12. The van der Waals surface area contributed by atoms with Gasteiger partial charge in [-0.3, -0.25) is 4.79 Å². The van der Waals surface area contributed by atoms with Gasteiger partial charge in [0, 0.05) is 15.4 Å². The van der Waals surface area contributed by atoms with Gasteiger partial charge >= 0.3 is 0 Å². The van der Waals surface area contributed by atoms with Gasteiger partial charge in [0.15, 0.2) is 0 Å². The van der Waals surface area contributed by atoms with E-state index in [1.165, 1.54) is 4.88 Å². The zero-order chi connectivity index (χ0) is 13.1. The van der Waals surface area contributed by atoms with E-state index in [2.05, 4.69) is 18.3 Å². The number of benzene rings is 1. The zero-order valence-electron chi connectivity index (χ0n) is 10.4. The van der Waals surface area contributed by atoms with Crippen LogP contribution in [0.15, 0.2) is 36.4 Å². The Morgan fingerprint density at radius 3 is 2.61 bits per heavy atom. The number of aryl methyl sites for hydroxylation is 1. The Labute approximate surface area is 111 Å². The summed E-state index contributed by atoms with van der Waals surface area (Å²) in [4.78, 5) is 14.5. The second kappa shape index (κ2) is 5.23. The molecule has 0 aliphatic carbocycles. The molecule has 1 atom stereocenters. The molecule has 0 aliphatic heterocycles. The van der Waals surface area contributed by atoms with Crippen molar-refractivity contribution in [1.82, 2.24) is 5.32 Å². The average molecular weight is 260 g/mol. The standard InChI is InChI=1S/C14H16N2OS/c1-9-7-8-13(18-9)10(2)16-14(17)11-5-3-4-6-12(11)15/h3-8,10H,15H2,1-2H3,(H,16,17). The van der Waals surface area contributed by atoms with Gasteiger partial charge in [-0.2, -0.15) is 0 Å². The summed E-state index contributed by atoms with van der Waals surface area (Å²) >= 11 is 1.69. The van der Waals surface area contributed by atoms with Crippen LogP contribution in [0.4, 0.5) is 5.69 Å². The second-order valence-corrected chi connectivity index (χ2v) is 5.55. The molecule has 0 spiro atoms. The molecule has 3 N–H and O–H groups in total. The Balaban J connectivity index is 2.10. The van der Waals surface area contributed by atoms with E-state index >= 15 is 0 Å². The minimum absolute atomic E-state index is 0.00388. The fourth-order valence-electron chi connectivity index (χ4n) is 1.74. The first-order valence-electron chi connectivity index (χ1n) is 5.79. The van der Waals surface area contributed by atoms with E-state index in [9.17, 15) is 4.79 Å². The van der Waals surface area contributed by atoms with E-state index in [1.807, 2.05) is 25.1 Å². The van der Waals surface area contributed by atoms with Gasteiger partial charge in [-0.05, 0) is 38.1 Å². The quantitative estimate of drug-likeness (QED) is 0.833. The molecule has 3 nitrogen and oxygen atoms in total. The fraction of sp³-hybridized carbons (Fsp3) is 0.214. The molecule has 2 aromatic rings. The highest BCUT2D eigenvalue weighted by Crippen LogP contribution is 2.23. The molecule has 0 radical (unpaired) electrons. The van der Waals surface area contributed by atoms with E-state index in [1.54, 1.807) is 23.5 Å². The van der Waals surface area contributed by atoms with Gasteiger partial charge in [0.1, 0.15) is 0 Å². The van der Waals surface area contributed by atoms with Crippen LogP contribution in [0.1, 0.15) is 33.1 Å². The Kier molecular flexibility index (Phi) is 3.67. The molecule has 1 unspecified atom stereocenters. The Bertz CT molecular complexity index is 562. The normalized spacial score (nSPS) is 12.1. The van der Waals surface area contributed by atoms with Gasteiger partial charge in [-0.1, -0.05) is 12.1 Å².